The molecule has 0 radical (unpaired) electrons. The van der Waals surface area contributed by atoms with Crippen molar-refractivity contribution < 1.29 is 9.53 Å². The second-order valence-corrected chi connectivity index (χ2v) is 6.86. The van der Waals surface area contributed by atoms with Crippen molar-refractivity contribution in [1.82, 2.24) is 15.3 Å². The number of hydrogen-bond donors (Lipinski definition) is 2. The Labute approximate surface area is 181 Å². The van der Waals surface area contributed by atoms with Crippen LogP contribution in [0, 0.1) is 0 Å². The summed E-state index contributed by atoms with van der Waals surface area (Å²) in [6.45, 7) is 0.733. The van der Waals surface area contributed by atoms with Crippen LogP contribution in [-0.4, -0.2) is 16.0 Å². The van der Waals surface area contributed by atoms with Crippen molar-refractivity contribution in [3.8, 4) is 16.9 Å². The van der Waals surface area contributed by atoms with Crippen molar-refractivity contribution in [2.75, 3.05) is 5.32 Å². The van der Waals surface area contributed by atoms with Gasteiger partial charge in [-0.25, -0.2) is 4.79 Å². The number of amides is 2. The molecule has 6 nitrogen and oxygen atoms in total. The third kappa shape index (κ3) is 5.67. The number of carbonyl (C=O) groups excluding carboxylic acids is 1. The van der Waals surface area contributed by atoms with Crippen molar-refractivity contribution in [1.29, 1.82) is 0 Å². The molecule has 6 heteroatoms. The average Bonchev–Trinajstić information content (AvgIpc) is 2.84. The minimum Gasteiger partial charge on any atom is -0.487 e. The van der Waals surface area contributed by atoms with Crippen molar-refractivity contribution in [2.24, 2.45) is 0 Å². The Hall–Kier alpha value is -4.19. The molecule has 0 atom stereocenters. The Morgan fingerprint density at radius 1 is 0.871 bits per heavy atom. The summed E-state index contributed by atoms with van der Waals surface area (Å²) >= 11 is 0. The summed E-state index contributed by atoms with van der Waals surface area (Å²) in [7, 11) is 0. The first kappa shape index (κ1) is 20.1. The van der Waals surface area contributed by atoms with Gasteiger partial charge in [0.1, 0.15) is 12.4 Å². The highest BCUT2D eigenvalue weighted by Gasteiger charge is 2.07. The van der Waals surface area contributed by atoms with Crippen LogP contribution in [0.5, 0.6) is 5.75 Å². The van der Waals surface area contributed by atoms with Crippen molar-refractivity contribution in [3.05, 3.63) is 109 Å². The van der Waals surface area contributed by atoms with Gasteiger partial charge in [0, 0.05) is 24.5 Å². The maximum absolute atomic E-state index is 12.1. The molecule has 0 aliphatic carbocycles. The van der Waals surface area contributed by atoms with Gasteiger partial charge in [0.2, 0.25) is 0 Å². The lowest BCUT2D eigenvalue weighted by Gasteiger charge is -2.12. The van der Waals surface area contributed by atoms with Gasteiger partial charge >= 0.3 is 6.03 Å². The number of carbonyl (C=O) groups is 1. The van der Waals surface area contributed by atoms with Crippen molar-refractivity contribution in [2.45, 2.75) is 13.2 Å². The van der Waals surface area contributed by atoms with Gasteiger partial charge in [-0.05, 0) is 35.4 Å². The lowest BCUT2D eigenvalue weighted by molar-refractivity contribution is 0.251. The molecule has 4 aromatic rings. The molecule has 31 heavy (non-hydrogen) atoms. The zero-order chi connectivity index (χ0) is 21.3. The molecule has 0 aliphatic rings. The van der Waals surface area contributed by atoms with E-state index in [1.54, 1.807) is 24.7 Å². The minimum absolute atomic E-state index is 0.300. The van der Waals surface area contributed by atoms with E-state index in [4.69, 9.17) is 4.74 Å². The number of urea groups is 1. The van der Waals surface area contributed by atoms with E-state index in [9.17, 15) is 4.79 Å². The molecule has 154 valence electrons. The molecule has 0 aliphatic heterocycles. The average molecular weight is 410 g/mol. The molecule has 0 spiro atoms. The Morgan fingerprint density at radius 3 is 2.48 bits per heavy atom. The van der Waals surface area contributed by atoms with Crippen LogP contribution < -0.4 is 15.4 Å². The fourth-order valence-electron chi connectivity index (χ4n) is 3.04. The van der Waals surface area contributed by atoms with Crippen LogP contribution in [-0.2, 0) is 13.2 Å². The van der Waals surface area contributed by atoms with Gasteiger partial charge in [0.15, 0.2) is 0 Å². The molecule has 2 aromatic carbocycles. The van der Waals surface area contributed by atoms with Crippen LogP contribution in [0.3, 0.4) is 0 Å². The Bertz CT molecular complexity index is 1120. The lowest BCUT2D eigenvalue weighted by Crippen LogP contribution is -2.28. The predicted octanol–water partition coefficient (Wildman–Crippen LogP) is 5.04. The normalized spacial score (nSPS) is 10.3. The number of pyridine rings is 2. The molecule has 2 heterocycles. The minimum atomic E-state index is -0.300. The highest BCUT2D eigenvalue weighted by molar-refractivity contribution is 5.88. The first-order valence-electron chi connectivity index (χ1n) is 9.94. The molecule has 0 bridgehead atoms. The molecule has 2 aromatic heterocycles. The van der Waals surface area contributed by atoms with Gasteiger partial charge in [-0.1, -0.05) is 54.6 Å². The van der Waals surface area contributed by atoms with Crippen LogP contribution in [0.25, 0.3) is 11.1 Å². The SMILES string of the molecule is O=C(NCc1cccnc1)Nc1ccc(COc2ccccc2-c2ccccc2)nc1. The Morgan fingerprint density at radius 2 is 1.71 bits per heavy atom. The zero-order valence-corrected chi connectivity index (χ0v) is 16.9. The fraction of sp³-hybridized carbons (Fsp3) is 0.0800. The smallest absolute Gasteiger partial charge is 0.319 e. The Balaban J connectivity index is 1.32. The number of rotatable bonds is 7. The van der Waals surface area contributed by atoms with Crippen LogP contribution in [0.2, 0.25) is 0 Å². The van der Waals surface area contributed by atoms with E-state index in [0.717, 1.165) is 28.1 Å². The molecule has 0 unspecified atom stereocenters. The number of hydrogen-bond acceptors (Lipinski definition) is 4. The highest BCUT2D eigenvalue weighted by atomic mass is 16.5. The third-order valence-electron chi connectivity index (χ3n) is 4.61. The van der Waals surface area contributed by atoms with Crippen LogP contribution in [0.15, 0.2) is 97.5 Å². The maximum Gasteiger partial charge on any atom is 0.319 e. The first-order valence-corrected chi connectivity index (χ1v) is 9.94. The zero-order valence-electron chi connectivity index (χ0n) is 16.9. The first-order chi connectivity index (χ1) is 15.3. The van der Waals surface area contributed by atoms with E-state index in [0.29, 0.717) is 18.8 Å². The highest BCUT2D eigenvalue weighted by Crippen LogP contribution is 2.30. The number of ether oxygens (including phenoxy) is 1. The molecule has 2 N–H and O–H groups in total. The number of aromatic nitrogens is 2. The number of benzene rings is 2. The van der Waals surface area contributed by atoms with Gasteiger partial charge in [-0.2, -0.15) is 0 Å². The van der Waals surface area contributed by atoms with Crippen LogP contribution in [0.1, 0.15) is 11.3 Å². The van der Waals surface area contributed by atoms with Gasteiger partial charge in [0.25, 0.3) is 0 Å². The van der Waals surface area contributed by atoms with E-state index in [2.05, 4.69) is 32.7 Å². The largest absolute Gasteiger partial charge is 0.487 e. The van der Waals surface area contributed by atoms with Gasteiger partial charge < -0.3 is 15.4 Å². The summed E-state index contributed by atoms with van der Waals surface area (Å²) in [4.78, 5) is 20.5. The molecule has 2 amide bonds. The predicted molar refractivity (Wildman–Crippen MR) is 121 cm³/mol. The quantitative estimate of drug-likeness (QED) is 0.447. The molecular formula is C25H22N4O2. The number of para-hydroxylation sites is 1. The topological polar surface area (TPSA) is 76.1 Å². The van der Waals surface area contributed by atoms with E-state index >= 15 is 0 Å². The van der Waals surface area contributed by atoms with Gasteiger partial charge in [-0.15, -0.1) is 0 Å². The fourth-order valence-corrected chi connectivity index (χ4v) is 3.04. The van der Waals surface area contributed by atoms with Crippen LogP contribution in [0.4, 0.5) is 10.5 Å². The molecule has 0 saturated heterocycles. The molecular weight excluding hydrogens is 388 g/mol. The van der Waals surface area contributed by atoms with Crippen LogP contribution >= 0.6 is 0 Å². The van der Waals surface area contributed by atoms with E-state index in [1.807, 2.05) is 60.7 Å². The van der Waals surface area contributed by atoms with Crippen molar-refractivity contribution >= 4 is 11.7 Å². The summed E-state index contributed by atoms with van der Waals surface area (Å²) in [6.07, 6.45) is 5.03. The van der Waals surface area contributed by atoms with E-state index < -0.39 is 0 Å². The number of nitrogens with zero attached hydrogens (tertiary/aromatic N) is 2. The van der Waals surface area contributed by atoms with E-state index in [-0.39, 0.29) is 6.03 Å². The lowest BCUT2D eigenvalue weighted by atomic mass is 10.1. The maximum atomic E-state index is 12.1. The van der Waals surface area contributed by atoms with Gasteiger partial charge in [-0.3, -0.25) is 9.97 Å². The second kappa shape index (κ2) is 10.0. The number of anilines is 1. The summed E-state index contributed by atoms with van der Waals surface area (Å²) in [5.74, 6) is 0.799. The van der Waals surface area contributed by atoms with Gasteiger partial charge in [0.05, 0.1) is 17.6 Å². The van der Waals surface area contributed by atoms with Crippen molar-refractivity contribution in [3.63, 3.8) is 0 Å². The molecule has 0 fully saturated rings. The molecule has 0 saturated carbocycles. The second-order valence-electron chi connectivity index (χ2n) is 6.86. The summed E-state index contributed by atoms with van der Waals surface area (Å²) in [5, 5.41) is 5.56. The standard InChI is InChI=1S/C25H22N4O2/c30-25(28-16-19-7-6-14-26-15-19)29-21-12-13-22(27-17-21)18-31-24-11-5-4-10-23(24)20-8-2-1-3-9-20/h1-15,17H,16,18H2,(H2,28,29,30). The summed E-state index contributed by atoms with van der Waals surface area (Å²) in [6, 6.07) is 25.1. The summed E-state index contributed by atoms with van der Waals surface area (Å²) in [5.41, 5.74) is 4.44. The Kier molecular flexibility index (Phi) is 6.50. The monoisotopic (exact) mass is 410 g/mol. The molecule has 4 rings (SSSR count). The summed E-state index contributed by atoms with van der Waals surface area (Å²) < 4.78 is 6.02. The number of nitrogens with one attached hydrogen (secondary N) is 2. The third-order valence-corrected chi connectivity index (χ3v) is 4.61. The van der Waals surface area contributed by atoms with E-state index in [1.165, 1.54) is 0 Å².